The van der Waals surface area contributed by atoms with Crippen LogP contribution in [0.3, 0.4) is 0 Å². The number of aromatic nitrogens is 2. The molecule has 3 heterocycles. The van der Waals surface area contributed by atoms with E-state index >= 15 is 0 Å². The standard InChI is InChI=1S/C18H16ClN3O3/c19-14-4-1-3-13(11-14)16-20-17(25-21-16)12-6-8-22(9-7-12)18(23)15-5-2-10-24-15/h1-5,10-12H,6-9H2. The van der Waals surface area contributed by atoms with Gasteiger partial charge in [-0.25, -0.2) is 0 Å². The van der Waals surface area contributed by atoms with Crippen molar-refractivity contribution in [3.05, 3.63) is 59.3 Å². The summed E-state index contributed by atoms with van der Waals surface area (Å²) in [4.78, 5) is 18.6. The first-order chi connectivity index (χ1) is 12.2. The SMILES string of the molecule is O=C(c1ccco1)N1CCC(c2nc(-c3cccc(Cl)c3)no2)CC1. The quantitative estimate of drug-likeness (QED) is 0.708. The monoisotopic (exact) mass is 357 g/mol. The minimum atomic E-state index is -0.0754. The molecule has 1 amide bonds. The second-order valence-electron chi connectivity index (χ2n) is 6.01. The summed E-state index contributed by atoms with van der Waals surface area (Å²) < 4.78 is 10.6. The van der Waals surface area contributed by atoms with E-state index in [0.717, 1.165) is 18.4 Å². The van der Waals surface area contributed by atoms with Gasteiger partial charge < -0.3 is 13.8 Å². The molecule has 0 unspecified atom stereocenters. The van der Waals surface area contributed by atoms with Crippen LogP contribution in [0.15, 0.2) is 51.6 Å². The van der Waals surface area contributed by atoms with E-state index in [1.165, 1.54) is 6.26 Å². The number of furan rings is 1. The van der Waals surface area contributed by atoms with Crippen LogP contribution in [-0.2, 0) is 0 Å². The van der Waals surface area contributed by atoms with Crippen molar-refractivity contribution < 1.29 is 13.7 Å². The number of halogens is 1. The van der Waals surface area contributed by atoms with Crippen molar-refractivity contribution in [2.45, 2.75) is 18.8 Å². The molecule has 0 N–H and O–H groups in total. The van der Waals surface area contributed by atoms with E-state index in [2.05, 4.69) is 10.1 Å². The number of carbonyl (C=O) groups excluding carboxylic acids is 1. The third-order valence-corrected chi connectivity index (χ3v) is 4.62. The Morgan fingerprint density at radius 3 is 2.76 bits per heavy atom. The van der Waals surface area contributed by atoms with Crippen molar-refractivity contribution in [2.75, 3.05) is 13.1 Å². The molecule has 0 atom stereocenters. The summed E-state index contributed by atoms with van der Waals surface area (Å²) in [5.74, 6) is 1.60. The maximum atomic E-state index is 12.3. The van der Waals surface area contributed by atoms with Crippen LogP contribution in [0.4, 0.5) is 0 Å². The molecule has 25 heavy (non-hydrogen) atoms. The van der Waals surface area contributed by atoms with Crippen LogP contribution in [0.2, 0.25) is 5.02 Å². The van der Waals surface area contributed by atoms with Crippen LogP contribution in [0.1, 0.15) is 35.2 Å². The van der Waals surface area contributed by atoms with Gasteiger partial charge in [-0.15, -0.1) is 0 Å². The molecule has 1 aromatic carbocycles. The Labute approximate surface area is 149 Å². The summed E-state index contributed by atoms with van der Waals surface area (Å²) in [5.41, 5.74) is 0.827. The maximum Gasteiger partial charge on any atom is 0.289 e. The summed E-state index contributed by atoms with van der Waals surface area (Å²) in [6.07, 6.45) is 3.07. The fraction of sp³-hybridized carbons (Fsp3) is 0.278. The average Bonchev–Trinajstić information content (AvgIpc) is 3.33. The van der Waals surface area contributed by atoms with Gasteiger partial charge >= 0.3 is 0 Å². The molecule has 1 saturated heterocycles. The minimum Gasteiger partial charge on any atom is -0.459 e. The minimum absolute atomic E-state index is 0.0754. The first-order valence-corrected chi connectivity index (χ1v) is 8.51. The number of hydrogen-bond donors (Lipinski definition) is 0. The van der Waals surface area contributed by atoms with Gasteiger partial charge in [-0.2, -0.15) is 4.98 Å². The Morgan fingerprint density at radius 1 is 1.20 bits per heavy atom. The molecule has 4 rings (SSSR count). The van der Waals surface area contributed by atoms with Crippen LogP contribution in [0.25, 0.3) is 11.4 Å². The molecule has 1 aliphatic rings. The first kappa shape index (κ1) is 15.9. The molecule has 2 aromatic heterocycles. The molecular weight excluding hydrogens is 342 g/mol. The van der Waals surface area contributed by atoms with E-state index in [0.29, 0.717) is 35.6 Å². The lowest BCUT2D eigenvalue weighted by Gasteiger charge is -2.29. The number of amides is 1. The smallest absolute Gasteiger partial charge is 0.289 e. The Hall–Kier alpha value is -2.60. The number of piperidine rings is 1. The summed E-state index contributed by atoms with van der Waals surface area (Å²) in [5, 5.41) is 4.69. The number of carbonyl (C=O) groups is 1. The maximum absolute atomic E-state index is 12.3. The molecule has 7 heteroatoms. The summed E-state index contributed by atoms with van der Waals surface area (Å²) in [7, 11) is 0. The van der Waals surface area contributed by atoms with Crippen LogP contribution < -0.4 is 0 Å². The molecule has 0 bridgehead atoms. The normalized spacial score (nSPS) is 15.5. The van der Waals surface area contributed by atoms with Gasteiger partial charge in [0.1, 0.15) is 0 Å². The molecule has 1 aliphatic heterocycles. The molecule has 1 fully saturated rings. The fourth-order valence-corrected chi connectivity index (χ4v) is 3.22. The number of benzene rings is 1. The van der Waals surface area contributed by atoms with Crippen LogP contribution in [0, 0.1) is 0 Å². The highest BCUT2D eigenvalue weighted by molar-refractivity contribution is 6.30. The second-order valence-corrected chi connectivity index (χ2v) is 6.45. The van der Waals surface area contributed by atoms with Gasteiger partial charge in [0.2, 0.25) is 11.7 Å². The summed E-state index contributed by atoms with van der Waals surface area (Å²) in [6, 6.07) is 10.8. The van der Waals surface area contributed by atoms with Gasteiger partial charge in [0.25, 0.3) is 5.91 Å². The summed E-state index contributed by atoms with van der Waals surface area (Å²) in [6.45, 7) is 1.28. The van der Waals surface area contributed by atoms with Crippen molar-refractivity contribution >= 4 is 17.5 Å². The zero-order chi connectivity index (χ0) is 17.2. The third kappa shape index (κ3) is 3.30. The lowest BCUT2D eigenvalue weighted by molar-refractivity contribution is 0.0672. The highest BCUT2D eigenvalue weighted by Crippen LogP contribution is 2.29. The fourth-order valence-electron chi connectivity index (χ4n) is 3.03. The third-order valence-electron chi connectivity index (χ3n) is 4.39. The molecule has 128 valence electrons. The van der Waals surface area contributed by atoms with Gasteiger partial charge in [-0.1, -0.05) is 28.9 Å². The molecule has 0 spiro atoms. The molecule has 6 nitrogen and oxygen atoms in total. The van der Waals surface area contributed by atoms with Crippen molar-refractivity contribution in [2.24, 2.45) is 0 Å². The van der Waals surface area contributed by atoms with E-state index in [9.17, 15) is 4.79 Å². The zero-order valence-electron chi connectivity index (χ0n) is 13.4. The molecular formula is C18H16ClN3O3. The van der Waals surface area contributed by atoms with E-state index in [-0.39, 0.29) is 11.8 Å². The van der Waals surface area contributed by atoms with Crippen molar-refractivity contribution in [3.8, 4) is 11.4 Å². The van der Waals surface area contributed by atoms with Gasteiger partial charge in [-0.3, -0.25) is 4.79 Å². The Kier molecular flexibility index (Phi) is 4.28. The largest absolute Gasteiger partial charge is 0.459 e. The molecule has 0 radical (unpaired) electrons. The number of nitrogens with zero attached hydrogens (tertiary/aromatic N) is 3. The van der Waals surface area contributed by atoms with Gasteiger partial charge in [-0.05, 0) is 37.1 Å². The molecule has 3 aromatic rings. The van der Waals surface area contributed by atoms with E-state index in [1.54, 1.807) is 29.2 Å². The Bertz CT molecular complexity index is 867. The average molecular weight is 358 g/mol. The summed E-state index contributed by atoms with van der Waals surface area (Å²) >= 11 is 6.01. The Morgan fingerprint density at radius 2 is 2.04 bits per heavy atom. The topological polar surface area (TPSA) is 72.4 Å². The molecule has 0 aliphatic carbocycles. The van der Waals surface area contributed by atoms with Crippen molar-refractivity contribution in [1.82, 2.24) is 15.0 Å². The van der Waals surface area contributed by atoms with Crippen molar-refractivity contribution in [1.29, 1.82) is 0 Å². The van der Waals surface area contributed by atoms with E-state index in [1.807, 2.05) is 12.1 Å². The van der Waals surface area contributed by atoms with E-state index in [4.69, 9.17) is 20.5 Å². The lowest BCUT2D eigenvalue weighted by Crippen LogP contribution is -2.37. The highest BCUT2D eigenvalue weighted by Gasteiger charge is 2.29. The van der Waals surface area contributed by atoms with Gasteiger partial charge in [0, 0.05) is 29.6 Å². The predicted octanol–water partition coefficient (Wildman–Crippen LogP) is 4.00. The number of likely N-dealkylation sites (tertiary alicyclic amines) is 1. The van der Waals surface area contributed by atoms with E-state index < -0.39 is 0 Å². The molecule has 0 saturated carbocycles. The zero-order valence-corrected chi connectivity index (χ0v) is 14.1. The van der Waals surface area contributed by atoms with Crippen LogP contribution in [-0.4, -0.2) is 34.0 Å². The number of hydrogen-bond acceptors (Lipinski definition) is 5. The second kappa shape index (κ2) is 6.72. The first-order valence-electron chi connectivity index (χ1n) is 8.13. The highest BCUT2D eigenvalue weighted by atomic mass is 35.5. The van der Waals surface area contributed by atoms with Crippen LogP contribution in [0.5, 0.6) is 0 Å². The van der Waals surface area contributed by atoms with Crippen LogP contribution >= 0.6 is 11.6 Å². The lowest BCUT2D eigenvalue weighted by atomic mass is 9.96. The van der Waals surface area contributed by atoms with Crippen molar-refractivity contribution in [3.63, 3.8) is 0 Å². The van der Waals surface area contributed by atoms with Gasteiger partial charge in [0.05, 0.1) is 6.26 Å². The Balaban J connectivity index is 1.42. The number of rotatable bonds is 3. The van der Waals surface area contributed by atoms with Gasteiger partial charge in [0.15, 0.2) is 5.76 Å². The predicted molar refractivity (Wildman–Crippen MR) is 91.3 cm³/mol.